The van der Waals surface area contributed by atoms with Crippen LogP contribution < -0.4 is 5.73 Å². The van der Waals surface area contributed by atoms with E-state index in [4.69, 9.17) is 17.3 Å². The lowest BCUT2D eigenvalue weighted by atomic mass is 10.0. The van der Waals surface area contributed by atoms with Crippen molar-refractivity contribution in [2.45, 2.75) is 26.3 Å². The largest absolute Gasteiger partial charge is 0.342 e. The number of hydrogen-bond donors (Lipinski definition) is 1. The molecule has 1 atom stereocenters. The van der Waals surface area contributed by atoms with Gasteiger partial charge < -0.3 is 10.6 Å². The second-order valence-electron chi connectivity index (χ2n) is 5.02. The Kier molecular flexibility index (Phi) is 5.76. The SMILES string of the molecule is CC(C)C(N)CCN(C)C(=O)c1cccc(F)c1Cl. The van der Waals surface area contributed by atoms with Crippen molar-refractivity contribution in [3.05, 3.63) is 34.6 Å². The molecule has 0 aliphatic carbocycles. The van der Waals surface area contributed by atoms with Gasteiger partial charge in [0.15, 0.2) is 0 Å². The summed E-state index contributed by atoms with van der Waals surface area (Å²) in [6.45, 7) is 4.59. The maximum Gasteiger partial charge on any atom is 0.255 e. The van der Waals surface area contributed by atoms with Crippen LogP contribution in [0.4, 0.5) is 4.39 Å². The average molecular weight is 287 g/mol. The molecule has 1 unspecified atom stereocenters. The van der Waals surface area contributed by atoms with Crippen LogP contribution in [0.1, 0.15) is 30.6 Å². The maximum atomic E-state index is 13.3. The second kappa shape index (κ2) is 6.87. The molecular formula is C14H20ClFN2O. The second-order valence-corrected chi connectivity index (χ2v) is 5.40. The van der Waals surface area contributed by atoms with E-state index < -0.39 is 5.82 Å². The van der Waals surface area contributed by atoms with E-state index in [-0.39, 0.29) is 22.5 Å². The number of benzene rings is 1. The highest BCUT2D eigenvalue weighted by Gasteiger charge is 2.18. The third-order valence-corrected chi connectivity index (χ3v) is 3.57. The maximum absolute atomic E-state index is 13.3. The number of hydrogen-bond acceptors (Lipinski definition) is 2. The van der Waals surface area contributed by atoms with E-state index in [1.807, 2.05) is 13.8 Å². The fraction of sp³-hybridized carbons (Fsp3) is 0.500. The molecule has 0 bridgehead atoms. The molecule has 1 aromatic carbocycles. The van der Waals surface area contributed by atoms with Gasteiger partial charge in [-0.1, -0.05) is 31.5 Å². The van der Waals surface area contributed by atoms with Gasteiger partial charge in [0.1, 0.15) is 5.82 Å². The van der Waals surface area contributed by atoms with Gasteiger partial charge in [-0.15, -0.1) is 0 Å². The molecule has 106 valence electrons. The number of rotatable bonds is 5. The summed E-state index contributed by atoms with van der Waals surface area (Å²) in [4.78, 5) is 13.7. The molecule has 0 radical (unpaired) electrons. The Labute approximate surface area is 118 Å². The molecule has 0 aromatic heterocycles. The highest BCUT2D eigenvalue weighted by molar-refractivity contribution is 6.33. The molecule has 2 N–H and O–H groups in total. The lowest BCUT2D eigenvalue weighted by molar-refractivity contribution is 0.0789. The van der Waals surface area contributed by atoms with E-state index in [2.05, 4.69) is 0 Å². The van der Waals surface area contributed by atoms with Crippen molar-refractivity contribution in [2.24, 2.45) is 11.7 Å². The number of nitrogens with two attached hydrogens (primary N) is 1. The van der Waals surface area contributed by atoms with Crippen LogP contribution in [-0.2, 0) is 0 Å². The predicted molar refractivity (Wildman–Crippen MR) is 75.8 cm³/mol. The average Bonchev–Trinajstić information content (AvgIpc) is 2.37. The van der Waals surface area contributed by atoms with Crippen LogP contribution in [-0.4, -0.2) is 30.4 Å². The molecule has 0 saturated heterocycles. The van der Waals surface area contributed by atoms with Gasteiger partial charge in [0.05, 0.1) is 10.6 Å². The third-order valence-electron chi connectivity index (χ3n) is 3.18. The molecule has 0 aliphatic heterocycles. The molecule has 0 aliphatic rings. The first-order chi connectivity index (χ1) is 8.84. The number of carbonyl (C=O) groups is 1. The molecule has 0 spiro atoms. The number of amides is 1. The normalized spacial score (nSPS) is 12.6. The first kappa shape index (κ1) is 15.9. The lowest BCUT2D eigenvalue weighted by Gasteiger charge is -2.22. The van der Waals surface area contributed by atoms with E-state index in [0.717, 1.165) is 0 Å². The molecule has 0 heterocycles. The van der Waals surface area contributed by atoms with E-state index >= 15 is 0 Å². The Morgan fingerprint density at radius 2 is 2.11 bits per heavy atom. The first-order valence-electron chi connectivity index (χ1n) is 6.29. The topological polar surface area (TPSA) is 46.3 Å². The van der Waals surface area contributed by atoms with Crippen LogP contribution in [0, 0.1) is 11.7 Å². The van der Waals surface area contributed by atoms with Gasteiger partial charge in [-0.2, -0.15) is 0 Å². The van der Waals surface area contributed by atoms with Crippen molar-refractivity contribution in [1.82, 2.24) is 4.90 Å². The Bertz CT molecular complexity index is 451. The molecule has 19 heavy (non-hydrogen) atoms. The highest BCUT2D eigenvalue weighted by Crippen LogP contribution is 2.21. The summed E-state index contributed by atoms with van der Waals surface area (Å²) in [5.74, 6) is -0.512. The van der Waals surface area contributed by atoms with Crippen LogP contribution in [0.2, 0.25) is 5.02 Å². The predicted octanol–water partition coefficient (Wildman–Crippen LogP) is 2.92. The van der Waals surface area contributed by atoms with Gasteiger partial charge in [-0.3, -0.25) is 4.79 Å². The van der Waals surface area contributed by atoms with Crippen molar-refractivity contribution in [3.63, 3.8) is 0 Å². The van der Waals surface area contributed by atoms with Crippen LogP contribution >= 0.6 is 11.6 Å². The molecule has 1 amide bonds. The Morgan fingerprint density at radius 1 is 1.47 bits per heavy atom. The lowest BCUT2D eigenvalue weighted by Crippen LogP contribution is -2.34. The summed E-state index contributed by atoms with van der Waals surface area (Å²) in [7, 11) is 1.66. The van der Waals surface area contributed by atoms with Crippen LogP contribution in [0.15, 0.2) is 18.2 Å². The summed E-state index contributed by atoms with van der Waals surface area (Å²) < 4.78 is 13.3. The standard InChI is InChI=1S/C14H20ClFN2O/c1-9(2)12(17)7-8-18(3)14(19)10-5-4-6-11(16)13(10)15/h4-6,9,12H,7-8,17H2,1-3H3. The zero-order valence-corrected chi connectivity index (χ0v) is 12.2. The van der Waals surface area contributed by atoms with Crippen LogP contribution in [0.25, 0.3) is 0 Å². The Morgan fingerprint density at radius 3 is 2.68 bits per heavy atom. The minimum atomic E-state index is -0.584. The molecule has 1 rings (SSSR count). The highest BCUT2D eigenvalue weighted by atomic mass is 35.5. The van der Waals surface area contributed by atoms with E-state index in [9.17, 15) is 9.18 Å². The van der Waals surface area contributed by atoms with E-state index in [1.165, 1.54) is 23.1 Å². The fourth-order valence-corrected chi connectivity index (χ4v) is 1.86. The van der Waals surface area contributed by atoms with Crippen molar-refractivity contribution in [1.29, 1.82) is 0 Å². The zero-order valence-electron chi connectivity index (χ0n) is 11.5. The van der Waals surface area contributed by atoms with Crippen molar-refractivity contribution in [3.8, 4) is 0 Å². The Hall–Kier alpha value is -1.13. The third kappa shape index (κ3) is 4.18. The zero-order chi connectivity index (χ0) is 14.6. The fourth-order valence-electron chi connectivity index (χ4n) is 1.65. The molecular weight excluding hydrogens is 267 g/mol. The van der Waals surface area contributed by atoms with Gasteiger partial charge in [0, 0.05) is 19.6 Å². The van der Waals surface area contributed by atoms with E-state index in [0.29, 0.717) is 18.9 Å². The summed E-state index contributed by atoms with van der Waals surface area (Å²) in [5.41, 5.74) is 6.12. The summed E-state index contributed by atoms with van der Waals surface area (Å²) >= 11 is 5.80. The summed E-state index contributed by atoms with van der Waals surface area (Å²) in [6, 6.07) is 4.26. The quantitative estimate of drug-likeness (QED) is 0.905. The van der Waals surface area contributed by atoms with Gasteiger partial charge in [0.25, 0.3) is 5.91 Å². The molecule has 0 saturated carbocycles. The first-order valence-corrected chi connectivity index (χ1v) is 6.67. The van der Waals surface area contributed by atoms with Gasteiger partial charge in [-0.05, 0) is 24.5 Å². The number of carbonyl (C=O) groups excluding carboxylic acids is 1. The van der Waals surface area contributed by atoms with Crippen molar-refractivity contribution in [2.75, 3.05) is 13.6 Å². The van der Waals surface area contributed by atoms with Gasteiger partial charge in [-0.25, -0.2) is 4.39 Å². The molecule has 1 aromatic rings. The minimum absolute atomic E-state index is 0.0400. The molecule has 5 heteroatoms. The molecule has 3 nitrogen and oxygen atoms in total. The van der Waals surface area contributed by atoms with Gasteiger partial charge in [0.2, 0.25) is 0 Å². The minimum Gasteiger partial charge on any atom is -0.342 e. The monoisotopic (exact) mass is 286 g/mol. The van der Waals surface area contributed by atoms with E-state index in [1.54, 1.807) is 7.05 Å². The number of halogens is 2. The van der Waals surface area contributed by atoms with Crippen LogP contribution in [0.3, 0.4) is 0 Å². The van der Waals surface area contributed by atoms with Crippen molar-refractivity contribution < 1.29 is 9.18 Å². The number of nitrogens with zero attached hydrogens (tertiary/aromatic N) is 1. The Balaban J connectivity index is 2.69. The van der Waals surface area contributed by atoms with Gasteiger partial charge >= 0.3 is 0 Å². The summed E-state index contributed by atoms with van der Waals surface area (Å²) in [5, 5.41) is -0.132. The van der Waals surface area contributed by atoms with Crippen LogP contribution in [0.5, 0.6) is 0 Å². The smallest absolute Gasteiger partial charge is 0.255 e. The summed E-state index contributed by atoms with van der Waals surface area (Å²) in [6.07, 6.45) is 0.701. The van der Waals surface area contributed by atoms with Crippen molar-refractivity contribution >= 4 is 17.5 Å². The molecule has 0 fully saturated rings.